The van der Waals surface area contributed by atoms with Gasteiger partial charge in [-0.05, 0) is 42.3 Å². The Balaban J connectivity index is 2.28. The highest BCUT2D eigenvalue weighted by molar-refractivity contribution is 6.06. The maximum Gasteiger partial charge on any atom is 0.416 e. The van der Waals surface area contributed by atoms with Crippen LogP contribution in [0.3, 0.4) is 0 Å². The van der Waals surface area contributed by atoms with Gasteiger partial charge in [0.1, 0.15) is 0 Å². The van der Waals surface area contributed by atoms with E-state index in [0.29, 0.717) is 23.5 Å². The third-order valence-electron chi connectivity index (χ3n) is 4.10. The van der Waals surface area contributed by atoms with Gasteiger partial charge in [-0.25, -0.2) is 0 Å². The average molecular weight is 407 g/mol. The molecule has 0 radical (unpaired) electrons. The highest BCUT2D eigenvalue weighted by Gasteiger charge is 2.31. The molecule has 5 nitrogen and oxygen atoms in total. The zero-order chi connectivity index (χ0) is 21.8. The monoisotopic (exact) mass is 407 g/mol. The third-order valence-corrected chi connectivity index (χ3v) is 4.10. The summed E-state index contributed by atoms with van der Waals surface area (Å²) in [7, 11) is 3.57. The molecule has 0 aliphatic carbocycles. The molecule has 0 heterocycles. The first kappa shape index (κ1) is 22.3. The molecular weight excluding hydrogens is 383 g/mol. The molecule has 2 aromatic carbocycles. The first-order valence-electron chi connectivity index (χ1n) is 9.07. The first-order chi connectivity index (χ1) is 13.5. The molecule has 2 N–H and O–H groups in total. The van der Waals surface area contributed by atoms with Gasteiger partial charge in [-0.3, -0.25) is 9.59 Å². The smallest absolute Gasteiger partial charge is 0.377 e. The SMILES string of the molecule is CC(C)CNC(=O)c1cc(NC(=O)c2cccc(C(F)(F)F)c2)ccc1N(C)C. The number of nitrogens with zero attached hydrogens (tertiary/aromatic N) is 1. The third kappa shape index (κ3) is 5.97. The van der Waals surface area contributed by atoms with Crippen LogP contribution in [-0.4, -0.2) is 32.5 Å². The van der Waals surface area contributed by atoms with Crippen LogP contribution >= 0.6 is 0 Å². The average Bonchev–Trinajstić information content (AvgIpc) is 2.65. The van der Waals surface area contributed by atoms with Crippen molar-refractivity contribution in [3.05, 3.63) is 59.2 Å². The number of rotatable bonds is 6. The van der Waals surface area contributed by atoms with Crippen molar-refractivity contribution in [2.75, 3.05) is 30.9 Å². The Morgan fingerprint density at radius 1 is 1.03 bits per heavy atom. The van der Waals surface area contributed by atoms with Crippen LogP contribution in [0.5, 0.6) is 0 Å². The number of carbonyl (C=O) groups excluding carboxylic acids is 2. The lowest BCUT2D eigenvalue weighted by molar-refractivity contribution is -0.137. The van der Waals surface area contributed by atoms with Crippen molar-refractivity contribution >= 4 is 23.2 Å². The van der Waals surface area contributed by atoms with Crippen molar-refractivity contribution < 1.29 is 22.8 Å². The van der Waals surface area contributed by atoms with Crippen LogP contribution in [-0.2, 0) is 6.18 Å². The standard InChI is InChI=1S/C21H24F3N3O2/c1-13(2)12-25-20(29)17-11-16(8-9-18(17)27(3)4)26-19(28)14-6-5-7-15(10-14)21(22,23)24/h5-11,13H,12H2,1-4H3,(H,25,29)(H,26,28). The van der Waals surface area contributed by atoms with Crippen molar-refractivity contribution in [3.8, 4) is 0 Å². The fourth-order valence-corrected chi connectivity index (χ4v) is 2.62. The predicted octanol–water partition coefficient (Wildman–Crippen LogP) is 4.41. The van der Waals surface area contributed by atoms with E-state index in [1.54, 1.807) is 31.1 Å². The van der Waals surface area contributed by atoms with Crippen LogP contribution in [0.1, 0.15) is 40.1 Å². The normalized spacial score (nSPS) is 11.3. The molecule has 0 aliphatic rings. The van der Waals surface area contributed by atoms with Crippen LogP contribution in [0.4, 0.5) is 24.5 Å². The molecule has 29 heavy (non-hydrogen) atoms. The Bertz CT molecular complexity index is 893. The molecule has 2 rings (SSSR count). The summed E-state index contributed by atoms with van der Waals surface area (Å²) in [4.78, 5) is 26.7. The highest BCUT2D eigenvalue weighted by atomic mass is 19.4. The molecule has 0 unspecified atom stereocenters. The number of benzene rings is 2. The van der Waals surface area contributed by atoms with Gasteiger partial charge in [-0.15, -0.1) is 0 Å². The van der Waals surface area contributed by atoms with Gasteiger partial charge >= 0.3 is 6.18 Å². The van der Waals surface area contributed by atoms with Crippen LogP contribution < -0.4 is 15.5 Å². The van der Waals surface area contributed by atoms with Gasteiger partial charge in [0.2, 0.25) is 0 Å². The zero-order valence-corrected chi connectivity index (χ0v) is 16.7. The molecule has 0 atom stereocenters. The van der Waals surface area contributed by atoms with E-state index in [0.717, 1.165) is 12.1 Å². The van der Waals surface area contributed by atoms with Gasteiger partial charge in [0, 0.05) is 37.6 Å². The van der Waals surface area contributed by atoms with Gasteiger partial charge in [-0.2, -0.15) is 13.2 Å². The van der Waals surface area contributed by atoms with E-state index in [1.165, 1.54) is 18.2 Å². The lowest BCUT2D eigenvalue weighted by Gasteiger charge is -2.19. The number of carbonyl (C=O) groups is 2. The summed E-state index contributed by atoms with van der Waals surface area (Å²) in [6.07, 6.45) is -4.54. The topological polar surface area (TPSA) is 61.4 Å². The van der Waals surface area contributed by atoms with Crippen LogP contribution in [0.25, 0.3) is 0 Å². The summed E-state index contributed by atoms with van der Waals surface area (Å²) in [6, 6.07) is 8.95. The molecule has 0 spiro atoms. The van der Waals surface area contributed by atoms with Crippen molar-refractivity contribution in [1.82, 2.24) is 5.32 Å². The fourth-order valence-electron chi connectivity index (χ4n) is 2.62. The number of hydrogen-bond donors (Lipinski definition) is 2. The Morgan fingerprint density at radius 3 is 2.31 bits per heavy atom. The fraction of sp³-hybridized carbons (Fsp3) is 0.333. The summed E-state index contributed by atoms with van der Waals surface area (Å²) < 4.78 is 38.6. The molecule has 8 heteroatoms. The summed E-state index contributed by atoms with van der Waals surface area (Å²) >= 11 is 0. The summed E-state index contributed by atoms with van der Waals surface area (Å²) in [5.41, 5.74) is 0.303. The molecule has 2 amide bonds. The minimum absolute atomic E-state index is 0.123. The molecule has 156 valence electrons. The highest BCUT2D eigenvalue weighted by Crippen LogP contribution is 2.30. The lowest BCUT2D eigenvalue weighted by atomic mass is 10.1. The molecule has 0 bridgehead atoms. The largest absolute Gasteiger partial charge is 0.416 e. The minimum atomic E-state index is -4.54. The van der Waals surface area contributed by atoms with E-state index in [2.05, 4.69) is 10.6 Å². The van der Waals surface area contributed by atoms with Gasteiger partial charge in [0.15, 0.2) is 0 Å². The lowest BCUT2D eigenvalue weighted by Crippen LogP contribution is -2.29. The molecule has 0 aromatic heterocycles. The molecule has 0 saturated carbocycles. The van der Waals surface area contributed by atoms with E-state index in [4.69, 9.17) is 0 Å². The summed E-state index contributed by atoms with van der Waals surface area (Å²) in [5.74, 6) is -0.717. The molecule has 2 aromatic rings. The minimum Gasteiger partial charge on any atom is -0.377 e. The quantitative estimate of drug-likeness (QED) is 0.746. The van der Waals surface area contributed by atoms with E-state index in [1.807, 2.05) is 13.8 Å². The van der Waals surface area contributed by atoms with Crippen molar-refractivity contribution in [1.29, 1.82) is 0 Å². The van der Waals surface area contributed by atoms with E-state index in [9.17, 15) is 22.8 Å². The van der Waals surface area contributed by atoms with Crippen molar-refractivity contribution in [3.63, 3.8) is 0 Å². The second kappa shape index (κ2) is 8.98. The number of hydrogen-bond acceptors (Lipinski definition) is 3. The van der Waals surface area contributed by atoms with Crippen LogP contribution in [0, 0.1) is 5.92 Å². The van der Waals surface area contributed by atoms with Gasteiger partial charge in [0.25, 0.3) is 11.8 Å². The van der Waals surface area contributed by atoms with Crippen LogP contribution in [0.15, 0.2) is 42.5 Å². The van der Waals surface area contributed by atoms with E-state index < -0.39 is 17.6 Å². The Hall–Kier alpha value is -3.03. The number of anilines is 2. The van der Waals surface area contributed by atoms with Gasteiger partial charge in [0.05, 0.1) is 11.1 Å². The molecule has 0 saturated heterocycles. The number of amides is 2. The van der Waals surface area contributed by atoms with E-state index in [-0.39, 0.29) is 17.4 Å². The maximum absolute atomic E-state index is 12.9. The van der Waals surface area contributed by atoms with Gasteiger partial charge < -0.3 is 15.5 Å². The number of halogens is 3. The predicted molar refractivity (Wildman–Crippen MR) is 107 cm³/mol. The van der Waals surface area contributed by atoms with E-state index >= 15 is 0 Å². The Kier molecular flexibility index (Phi) is 6.89. The maximum atomic E-state index is 12.9. The second-order valence-electron chi connectivity index (χ2n) is 7.26. The van der Waals surface area contributed by atoms with Gasteiger partial charge in [-0.1, -0.05) is 19.9 Å². The van der Waals surface area contributed by atoms with Crippen molar-refractivity contribution in [2.24, 2.45) is 5.92 Å². The number of alkyl halides is 3. The zero-order valence-electron chi connectivity index (χ0n) is 16.7. The molecule has 0 aliphatic heterocycles. The Morgan fingerprint density at radius 2 is 1.72 bits per heavy atom. The first-order valence-corrected chi connectivity index (χ1v) is 9.07. The summed E-state index contributed by atoms with van der Waals surface area (Å²) in [6.45, 7) is 4.43. The second-order valence-corrected chi connectivity index (χ2v) is 7.26. The van der Waals surface area contributed by atoms with Crippen LogP contribution in [0.2, 0.25) is 0 Å². The summed E-state index contributed by atoms with van der Waals surface area (Å²) in [5, 5.41) is 5.39. The molecule has 0 fully saturated rings. The number of nitrogens with one attached hydrogen (secondary N) is 2. The Labute approximate surface area is 167 Å². The van der Waals surface area contributed by atoms with Crippen molar-refractivity contribution in [2.45, 2.75) is 20.0 Å². The molecular formula is C21H24F3N3O2.